The smallest absolute Gasteiger partial charge is 0.162 e. The minimum Gasteiger partial charge on any atom is -0.339 e. The molecule has 10 rings (SSSR count). The van der Waals surface area contributed by atoms with Gasteiger partial charge in [0.1, 0.15) is 5.82 Å². The van der Waals surface area contributed by atoms with Crippen LogP contribution in [0.3, 0.4) is 0 Å². The Morgan fingerprint density at radius 3 is 1.18 bits per heavy atom. The summed E-state index contributed by atoms with van der Waals surface area (Å²) in [7, 11) is 0. The van der Waals surface area contributed by atoms with E-state index >= 15 is 0 Å². The Labute approximate surface area is 356 Å². The van der Waals surface area contributed by atoms with E-state index in [1.54, 1.807) is 0 Å². The monoisotopic (exact) mass is 783 g/mol. The molecule has 0 saturated carbocycles. The van der Waals surface area contributed by atoms with Crippen molar-refractivity contribution in [2.45, 2.75) is 0 Å². The number of hydrogen-bond donors (Lipinski definition) is 1. The van der Waals surface area contributed by atoms with Crippen LogP contribution < -0.4 is 9.80 Å². The number of para-hydroxylation sites is 4. The van der Waals surface area contributed by atoms with E-state index in [1.165, 1.54) is 0 Å². The lowest BCUT2D eigenvalue weighted by Crippen LogP contribution is -2.09. The van der Waals surface area contributed by atoms with Gasteiger partial charge in [0.2, 0.25) is 0 Å². The van der Waals surface area contributed by atoms with Crippen molar-refractivity contribution in [1.29, 1.82) is 0 Å². The molecule has 8 aromatic carbocycles. The molecule has 0 amide bonds. The molecule has 0 fully saturated rings. The maximum atomic E-state index is 5.35. The van der Waals surface area contributed by atoms with Gasteiger partial charge in [-0.2, -0.15) is 0 Å². The van der Waals surface area contributed by atoms with Crippen molar-refractivity contribution in [3.8, 4) is 22.4 Å². The predicted octanol–water partition coefficient (Wildman–Crippen LogP) is 14.9. The largest absolute Gasteiger partial charge is 0.339 e. The Morgan fingerprint density at radius 1 is 0.361 bits per heavy atom. The first-order valence-corrected chi connectivity index (χ1v) is 20.5. The number of H-pyrrole nitrogens is 1. The highest BCUT2D eigenvalue weighted by molar-refractivity contribution is 6.38. The number of anilines is 6. The van der Waals surface area contributed by atoms with Gasteiger partial charge in [0, 0.05) is 56.5 Å². The number of aliphatic imine (C=N–C) groups is 2. The van der Waals surface area contributed by atoms with Crippen LogP contribution in [0.15, 0.2) is 253 Å². The highest BCUT2D eigenvalue weighted by Crippen LogP contribution is 2.40. The van der Waals surface area contributed by atoms with Crippen molar-refractivity contribution in [1.82, 2.24) is 4.98 Å². The molecule has 1 aromatic heterocycles. The fourth-order valence-electron chi connectivity index (χ4n) is 7.88. The summed E-state index contributed by atoms with van der Waals surface area (Å²) in [5.41, 5.74) is 14.5. The summed E-state index contributed by atoms with van der Waals surface area (Å²) in [5, 5.41) is 0. The van der Waals surface area contributed by atoms with Gasteiger partial charge in [0.15, 0.2) is 5.84 Å². The zero-order chi connectivity index (χ0) is 40.8. The summed E-state index contributed by atoms with van der Waals surface area (Å²) >= 11 is 0. The predicted molar refractivity (Wildman–Crippen MR) is 256 cm³/mol. The third-order valence-electron chi connectivity index (χ3n) is 10.8. The number of hydrogen-bond acceptors (Lipinski definition) is 3. The van der Waals surface area contributed by atoms with Crippen molar-refractivity contribution < 1.29 is 0 Å². The highest BCUT2D eigenvalue weighted by atomic mass is 15.1. The lowest BCUT2D eigenvalue weighted by Gasteiger charge is -2.25. The molecular weight excluding hydrogens is 743 g/mol. The van der Waals surface area contributed by atoms with E-state index in [1.807, 2.05) is 36.4 Å². The lowest BCUT2D eigenvalue weighted by molar-refractivity contribution is 1.28. The Morgan fingerprint density at radius 2 is 0.738 bits per heavy atom. The Hall–Kier alpha value is -8.28. The third-order valence-corrected chi connectivity index (χ3v) is 10.8. The number of nitrogens with zero attached hydrogens (tertiary/aromatic N) is 4. The van der Waals surface area contributed by atoms with Crippen LogP contribution in [0.5, 0.6) is 0 Å². The zero-order valence-electron chi connectivity index (χ0n) is 33.4. The number of nitrogens with one attached hydrogen (secondary N) is 1. The zero-order valence-corrected chi connectivity index (χ0v) is 33.4. The fourth-order valence-corrected chi connectivity index (χ4v) is 7.88. The number of amidine groups is 1. The SMILES string of the molecule is C1=C(c2ccccc2)/C(=N/c2[nH]c(-c3ccc(N(c4ccccc4)c4ccccc4)cc3)cc2-c2ccccc2)N=C1c1ccc(N(c2ccccc2)c2ccccc2)cc1. The first-order valence-electron chi connectivity index (χ1n) is 20.5. The topological polar surface area (TPSA) is 47.0 Å². The van der Waals surface area contributed by atoms with Gasteiger partial charge in [-0.05, 0) is 102 Å². The number of aromatic amines is 1. The van der Waals surface area contributed by atoms with E-state index in [-0.39, 0.29) is 0 Å². The van der Waals surface area contributed by atoms with Gasteiger partial charge >= 0.3 is 0 Å². The standard InChI is InChI=1S/C56H41N5/c1-7-19-41(20-8-1)51-39-53(43-31-35-49(36-32-43)60(45-23-11-3-12-24-45)46-25-13-4-14-26-46)57-55(51)59-56-52(42-21-9-2-10-22-42)40-54(58-56)44-33-37-50(38-34-44)61(47-27-15-5-16-28-47)48-29-17-6-18-30-48/h1-40,57H/b59-56-. The summed E-state index contributed by atoms with van der Waals surface area (Å²) in [5.74, 6) is 1.40. The van der Waals surface area contributed by atoms with E-state index in [0.29, 0.717) is 5.84 Å². The molecule has 0 saturated heterocycles. The molecule has 0 atom stereocenters. The molecule has 2 heterocycles. The number of benzene rings is 8. The Balaban J connectivity index is 1.03. The van der Waals surface area contributed by atoms with E-state index in [4.69, 9.17) is 9.98 Å². The Kier molecular flexibility index (Phi) is 10.3. The molecule has 1 aliphatic rings. The molecule has 0 radical (unpaired) electrons. The van der Waals surface area contributed by atoms with Gasteiger partial charge in [-0.3, -0.25) is 0 Å². The summed E-state index contributed by atoms with van der Waals surface area (Å²) in [6, 6.07) is 82.2. The molecule has 290 valence electrons. The van der Waals surface area contributed by atoms with E-state index in [0.717, 1.165) is 84.7 Å². The first kappa shape index (κ1) is 37.0. The van der Waals surface area contributed by atoms with E-state index in [9.17, 15) is 0 Å². The average Bonchev–Trinajstić information content (AvgIpc) is 3.97. The van der Waals surface area contributed by atoms with Crippen molar-refractivity contribution in [2.24, 2.45) is 9.98 Å². The van der Waals surface area contributed by atoms with Crippen LogP contribution in [0.4, 0.5) is 39.9 Å². The van der Waals surface area contributed by atoms with Crippen molar-refractivity contribution >= 4 is 57.1 Å². The second kappa shape index (κ2) is 16.9. The maximum absolute atomic E-state index is 5.35. The first-order chi connectivity index (χ1) is 30.2. The molecule has 1 N–H and O–H groups in total. The Bertz CT molecular complexity index is 2880. The molecule has 61 heavy (non-hydrogen) atoms. The number of rotatable bonds is 11. The van der Waals surface area contributed by atoms with Crippen LogP contribution >= 0.6 is 0 Å². The minimum absolute atomic E-state index is 0.655. The third kappa shape index (κ3) is 7.84. The van der Waals surface area contributed by atoms with Gasteiger partial charge in [-0.25, -0.2) is 9.98 Å². The summed E-state index contributed by atoms with van der Waals surface area (Å²) in [4.78, 5) is 18.8. The maximum Gasteiger partial charge on any atom is 0.162 e. The van der Waals surface area contributed by atoms with Crippen LogP contribution in [-0.4, -0.2) is 16.5 Å². The van der Waals surface area contributed by atoms with Gasteiger partial charge < -0.3 is 14.8 Å². The van der Waals surface area contributed by atoms with E-state index in [2.05, 4.69) is 221 Å². The number of allylic oxidation sites excluding steroid dienone is 1. The molecule has 5 nitrogen and oxygen atoms in total. The molecule has 0 aliphatic carbocycles. The van der Waals surface area contributed by atoms with Crippen molar-refractivity contribution in [3.63, 3.8) is 0 Å². The molecule has 5 heteroatoms. The average molecular weight is 784 g/mol. The highest BCUT2D eigenvalue weighted by Gasteiger charge is 2.22. The summed E-state index contributed by atoms with van der Waals surface area (Å²) in [6.45, 7) is 0. The van der Waals surface area contributed by atoms with Gasteiger partial charge in [-0.1, -0.05) is 158 Å². The van der Waals surface area contributed by atoms with E-state index < -0.39 is 0 Å². The van der Waals surface area contributed by atoms with Crippen LogP contribution in [-0.2, 0) is 0 Å². The van der Waals surface area contributed by atoms with Gasteiger partial charge in [0.25, 0.3) is 0 Å². The second-order valence-corrected chi connectivity index (χ2v) is 14.8. The lowest BCUT2D eigenvalue weighted by atomic mass is 10.0. The molecular formula is C56H41N5. The molecule has 9 aromatic rings. The normalized spacial score (nSPS) is 12.8. The second-order valence-electron chi connectivity index (χ2n) is 14.8. The van der Waals surface area contributed by atoms with Crippen molar-refractivity contribution in [2.75, 3.05) is 9.80 Å². The minimum atomic E-state index is 0.655. The quantitative estimate of drug-likeness (QED) is 0.142. The van der Waals surface area contributed by atoms with Crippen LogP contribution in [0, 0.1) is 0 Å². The van der Waals surface area contributed by atoms with Crippen LogP contribution in [0.25, 0.3) is 28.0 Å². The number of aromatic nitrogens is 1. The van der Waals surface area contributed by atoms with Gasteiger partial charge in [-0.15, -0.1) is 0 Å². The van der Waals surface area contributed by atoms with Crippen LogP contribution in [0.2, 0.25) is 0 Å². The summed E-state index contributed by atoms with van der Waals surface area (Å²) < 4.78 is 0. The van der Waals surface area contributed by atoms with Crippen molar-refractivity contribution in [3.05, 3.63) is 254 Å². The molecule has 0 bridgehead atoms. The van der Waals surface area contributed by atoms with Gasteiger partial charge in [0.05, 0.1) is 5.71 Å². The molecule has 1 aliphatic heterocycles. The summed E-state index contributed by atoms with van der Waals surface area (Å²) in [6.07, 6.45) is 2.16. The van der Waals surface area contributed by atoms with Crippen LogP contribution in [0.1, 0.15) is 11.1 Å². The fraction of sp³-hybridized carbons (Fsp3) is 0. The molecule has 0 unspecified atom stereocenters. The molecule has 0 spiro atoms.